The van der Waals surface area contributed by atoms with Crippen LogP contribution in [-0.4, -0.2) is 27.9 Å². The number of benzene rings is 1. The minimum atomic E-state index is -0.440. The predicted octanol–water partition coefficient (Wildman–Crippen LogP) is 2.75. The fourth-order valence-corrected chi connectivity index (χ4v) is 3.20. The van der Waals surface area contributed by atoms with Crippen molar-refractivity contribution in [2.24, 2.45) is 0 Å². The smallest absolute Gasteiger partial charge is 0.279 e. The number of amides is 2. The lowest BCUT2D eigenvalue weighted by Crippen LogP contribution is -2.43. The fraction of sp³-hybridized carbons (Fsp3) is 0.235. The van der Waals surface area contributed by atoms with Gasteiger partial charge in [-0.25, -0.2) is 0 Å². The fourth-order valence-electron chi connectivity index (χ4n) is 2.42. The summed E-state index contributed by atoms with van der Waals surface area (Å²) in [6.07, 6.45) is 3.57. The first-order valence-electron chi connectivity index (χ1n) is 7.37. The van der Waals surface area contributed by atoms with Gasteiger partial charge in [-0.1, -0.05) is 42.1 Å². The minimum absolute atomic E-state index is 0.118. The molecule has 1 aromatic carbocycles. The molecule has 2 aromatic rings. The molecule has 1 aliphatic heterocycles. The van der Waals surface area contributed by atoms with Gasteiger partial charge in [0.25, 0.3) is 5.24 Å². The molecule has 0 spiro atoms. The second-order valence-corrected chi connectivity index (χ2v) is 6.38. The number of nitrogens with zero attached hydrogens (tertiary/aromatic N) is 1. The number of nitrogens with one attached hydrogen (secondary N) is 2. The van der Waals surface area contributed by atoms with Gasteiger partial charge in [-0.05, 0) is 29.7 Å². The Morgan fingerprint density at radius 2 is 2.09 bits per heavy atom. The molecule has 1 aliphatic rings. The Kier molecular flexibility index (Phi) is 4.62. The Balaban J connectivity index is 1.65. The molecular weight excluding hydrogens is 310 g/mol. The lowest BCUT2D eigenvalue weighted by atomic mass is 10.0. The van der Waals surface area contributed by atoms with Gasteiger partial charge in [0.1, 0.15) is 6.04 Å². The van der Waals surface area contributed by atoms with Crippen molar-refractivity contribution in [3.8, 4) is 11.1 Å². The van der Waals surface area contributed by atoms with Gasteiger partial charge >= 0.3 is 0 Å². The Labute approximate surface area is 138 Å². The third-order valence-electron chi connectivity index (χ3n) is 3.75. The molecule has 23 heavy (non-hydrogen) atoms. The molecule has 2 amide bonds. The monoisotopic (exact) mass is 327 g/mol. The second-order valence-electron chi connectivity index (χ2n) is 5.39. The van der Waals surface area contributed by atoms with E-state index < -0.39 is 6.04 Å². The summed E-state index contributed by atoms with van der Waals surface area (Å²) in [5.41, 5.74) is 3.16. The Morgan fingerprint density at radius 3 is 2.70 bits per heavy atom. The van der Waals surface area contributed by atoms with Crippen molar-refractivity contribution in [1.82, 2.24) is 15.6 Å². The zero-order valence-electron chi connectivity index (χ0n) is 12.7. The third kappa shape index (κ3) is 3.71. The van der Waals surface area contributed by atoms with E-state index in [4.69, 9.17) is 0 Å². The van der Waals surface area contributed by atoms with Crippen molar-refractivity contribution >= 4 is 22.9 Å². The quantitative estimate of drug-likeness (QED) is 0.906. The summed E-state index contributed by atoms with van der Waals surface area (Å²) in [5.74, 6) is 0.337. The van der Waals surface area contributed by atoms with E-state index in [2.05, 4.69) is 15.6 Å². The lowest BCUT2D eigenvalue weighted by molar-refractivity contribution is -0.122. The first-order chi connectivity index (χ1) is 11.1. The van der Waals surface area contributed by atoms with Crippen molar-refractivity contribution in [1.29, 1.82) is 0 Å². The number of carbonyl (C=O) groups is 2. The van der Waals surface area contributed by atoms with Crippen molar-refractivity contribution < 1.29 is 9.59 Å². The maximum atomic E-state index is 12.1. The summed E-state index contributed by atoms with van der Waals surface area (Å²) in [6, 6.07) is 11.4. The highest BCUT2D eigenvalue weighted by molar-refractivity contribution is 8.14. The zero-order valence-corrected chi connectivity index (χ0v) is 13.5. The summed E-state index contributed by atoms with van der Waals surface area (Å²) < 4.78 is 0. The van der Waals surface area contributed by atoms with Crippen LogP contribution in [-0.2, 0) is 4.79 Å². The molecule has 3 rings (SSSR count). The molecule has 0 unspecified atom stereocenters. The molecule has 1 fully saturated rings. The standard InChI is InChI=1S/C17H17N3O2S/c1-11(19-16(21)15-10-23-17(22)20-15)12-4-6-13(7-5-12)14-3-2-8-18-9-14/h2-9,11,15H,10H2,1H3,(H,19,21)(H,20,22)/t11-,15-/m1/s1. The van der Waals surface area contributed by atoms with Gasteiger partial charge in [0.2, 0.25) is 5.91 Å². The van der Waals surface area contributed by atoms with Crippen LogP contribution in [0, 0.1) is 0 Å². The number of aromatic nitrogens is 1. The van der Waals surface area contributed by atoms with E-state index >= 15 is 0 Å². The van der Waals surface area contributed by atoms with Gasteiger partial charge in [0, 0.05) is 18.1 Å². The van der Waals surface area contributed by atoms with Gasteiger partial charge in [-0.15, -0.1) is 0 Å². The number of thioether (sulfide) groups is 1. The second kappa shape index (κ2) is 6.83. The van der Waals surface area contributed by atoms with Crippen LogP contribution >= 0.6 is 11.8 Å². The molecule has 0 aliphatic carbocycles. The Bertz CT molecular complexity index is 704. The topological polar surface area (TPSA) is 71.1 Å². The zero-order chi connectivity index (χ0) is 16.2. The maximum Gasteiger partial charge on any atom is 0.279 e. The average Bonchev–Trinajstić information content (AvgIpc) is 3.02. The average molecular weight is 327 g/mol. The van der Waals surface area contributed by atoms with Crippen LogP contribution in [0.3, 0.4) is 0 Å². The number of hydrogen-bond donors (Lipinski definition) is 2. The summed E-state index contributed by atoms with van der Waals surface area (Å²) in [7, 11) is 0. The first-order valence-corrected chi connectivity index (χ1v) is 8.36. The first kappa shape index (κ1) is 15.6. The van der Waals surface area contributed by atoms with Gasteiger partial charge in [-0.3, -0.25) is 14.6 Å². The molecular formula is C17H17N3O2S. The molecule has 2 N–H and O–H groups in total. The normalized spacial score (nSPS) is 18.3. The van der Waals surface area contributed by atoms with E-state index in [0.29, 0.717) is 5.75 Å². The summed E-state index contributed by atoms with van der Waals surface area (Å²) in [6.45, 7) is 1.93. The minimum Gasteiger partial charge on any atom is -0.348 e. The molecule has 1 aromatic heterocycles. The Hall–Kier alpha value is -2.34. The molecule has 2 atom stereocenters. The number of carbonyl (C=O) groups excluding carboxylic acids is 2. The molecule has 6 heteroatoms. The Morgan fingerprint density at radius 1 is 1.30 bits per heavy atom. The molecule has 0 bridgehead atoms. The number of pyridine rings is 1. The van der Waals surface area contributed by atoms with Crippen LogP contribution in [0.2, 0.25) is 0 Å². The van der Waals surface area contributed by atoms with Crippen LogP contribution < -0.4 is 10.6 Å². The lowest BCUT2D eigenvalue weighted by Gasteiger charge is -2.17. The van der Waals surface area contributed by atoms with Crippen LogP contribution in [0.15, 0.2) is 48.8 Å². The SMILES string of the molecule is C[C@@H](NC(=O)[C@H]1CSC(=O)N1)c1ccc(-c2cccnc2)cc1. The van der Waals surface area contributed by atoms with E-state index in [0.717, 1.165) is 28.5 Å². The highest BCUT2D eigenvalue weighted by Crippen LogP contribution is 2.21. The van der Waals surface area contributed by atoms with Gasteiger partial charge < -0.3 is 10.6 Å². The van der Waals surface area contributed by atoms with Crippen molar-refractivity contribution in [2.75, 3.05) is 5.75 Å². The van der Waals surface area contributed by atoms with E-state index in [9.17, 15) is 9.59 Å². The highest BCUT2D eigenvalue weighted by Gasteiger charge is 2.28. The molecule has 0 radical (unpaired) electrons. The molecule has 5 nitrogen and oxygen atoms in total. The molecule has 0 saturated carbocycles. The van der Waals surface area contributed by atoms with Gasteiger partial charge in [0.05, 0.1) is 6.04 Å². The maximum absolute atomic E-state index is 12.1. The molecule has 118 valence electrons. The molecule has 2 heterocycles. The summed E-state index contributed by atoms with van der Waals surface area (Å²) >= 11 is 1.14. The predicted molar refractivity (Wildman–Crippen MR) is 91.0 cm³/mol. The van der Waals surface area contributed by atoms with Crippen molar-refractivity contribution in [3.63, 3.8) is 0 Å². The number of rotatable bonds is 4. The largest absolute Gasteiger partial charge is 0.348 e. The van der Waals surface area contributed by atoms with E-state index in [-0.39, 0.29) is 17.2 Å². The summed E-state index contributed by atoms with van der Waals surface area (Å²) in [5, 5.41) is 5.44. The van der Waals surface area contributed by atoms with Crippen LogP contribution in [0.25, 0.3) is 11.1 Å². The van der Waals surface area contributed by atoms with Crippen LogP contribution in [0.4, 0.5) is 4.79 Å². The van der Waals surface area contributed by atoms with E-state index in [1.54, 1.807) is 6.20 Å². The van der Waals surface area contributed by atoms with Crippen LogP contribution in [0.5, 0.6) is 0 Å². The third-order valence-corrected chi connectivity index (χ3v) is 4.63. The van der Waals surface area contributed by atoms with E-state index in [1.807, 2.05) is 49.5 Å². The number of hydrogen-bond acceptors (Lipinski definition) is 4. The van der Waals surface area contributed by atoms with Crippen LogP contribution in [0.1, 0.15) is 18.5 Å². The van der Waals surface area contributed by atoms with Crippen molar-refractivity contribution in [3.05, 3.63) is 54.4 Å². The molecule has 1 saturated heterocycles. The van der Waals surface area contributed by atoms with E-state index in [1.165, 1.54) is 0 Å². The highest BCUT2D eigenvalue weighted by atomic mass is 32.2. The van der Waals surface area contributed by atoms with Gasteiger partial charge in [0.15, 0.2) is 0 Å². The summed E-state index contributed by atoms with van der Waals surface area (Å²) in [4.78, 5) is 27.4. The van der Waals surface area contributed by atoms with Crippen molar-refractivity contribution in [2.45, 2.75) is 19.0 Å². The van der Waals surface area contributed by atoms with Gasteiger partial charge in [-0.2, -0.15) is 0 Å².